The maximum absolute atomic E-state index is 11.8. The molecular weight excluding hydrogens is 352 g/mol. The number of para-hydroxylation sites is 1. The third-order valence-corrected chi connectivity index (χ3v) is 3.33. The van der Waals surface area contributed by atoms with Crippen molar-refractivity contribution < 1.29 is 24.0 Å². The first-order valence-electron chi connectivity index (χ1n) is 8.10. The summed E-state index contributed by atoms with van der Waals surface area (Å²) < 4.78 is 10.3. The number of amides is 1. The number of anilines is 1. The third-order valence-electron chi connectivity index (χ3n) is 3.33. The van der Waals surface area contributed by atoms with Gasteiger partial charge in [0.05, 0.1) is 11.5 Å². The van der Waals surface area contributed by atoms with E-state index in [4.69, 9.17) is 9.47 Å². The topological polar surface area (TPSA) is 108 Å². The van der Waals surface area contributed by atoms with Gasteiger partial charge in [-0.25, -0.2) is 4.79 Å². The zero-order chi connectivity index (χ0) is 19.6. The van der Waals surface area contributed by atoms with Crippen molar-refractivity contribution in [1.29, 1.82) is 0 Å². The van der Waals surface area contributed by atoms with Crippen LogP contribution in [0.4, 0.5) is 11.4 Å². The van der Waals surface area contributed by atoms with Crippen molar-refractivity contribution in [1.82, 2.24) is 0 Å². The Hall–Kier alpha value is -3.68. The molecule has 0 atom stereocenters. The van der Waals surface area contributed by atoms with E-state index < -0.39 is 23.4 Å². The number of rotatable bonds is 8. The molecule has 1 amide bonds. The van der Waals surface area contributed by atoms with Crippen LogP contribution in [0.3, 0.4) is 0 Å². The van der Waals surface area contributed by atoms with Crippen LogP contribution in [0.1, 0.15) is 12.5 Å². The van der Waals surface area contributed by atoms with Crippen LogP contribution in [0.2, 0.25) is 0 Å². The standard InChI is InChI=1S/C19H18N2O6/c1-2-26-17-6-4-3-5-14(17)7-12-19(23)27-13-18(22)20-15-8-10-16(11-9-15)21(24)25/h3-12H,2,13H2,1H3,(H,20,22)/b12-7+. The SMILES string of the molecule is CCOc1ccccc1/C=C/C(=O)OCC(=O)Nc1ccc([N+](=O)[O-])cc1. The van der Waals surface area contributed by atoms with E-state index in [1.165, 1.54) is 30.3 Å². The van der Waals surface area contributed by atoms with Crippen molar-refractivity contribution in [2.45, 2.75) is 6.92 Å². The van der Waals surface area contributed by atoms with E-state index in [0.717, 1.165) is 0 Å². The fourth-order valence-corrected chi connectivity index (χ4v) is 2.11. The molecule has 0 aliphatic carbocycles. The summed E-state index contributed by atoms with van der Waals surface area (Å²) in [4.78, 5) is 33.6. The number of carbonyl (C=O) groups is 2. The first kappa shape index (κ1) is 19.6. The molecule has 0 saturated carbocycles. The number of non-ortho nitro benzene ring substituents is 1. The van der Waals surface area contributed by atoms with Crippen LogP contribution >= 0.6 is 0 Å². The predicted molar refractivity (Wildman–Crippen MR) is 99.3 cm³/mol. The Morgan fingerprint density at radius 1 is 1.15 bits per heavy atom. The molecule has 2 rings (SSSR count). The van der Waals surface area contributed by atoms with E-state index in [2.05, 4.69) is 5.32 Å². The molecule has 140 valence electrons. The van der Waals surface area contributed by atoms with Gasteiger partial charge in [0.2, 0.25) is 0 Å². The second-order valence-corrected chi connectivity index (χ2v) is 5.26. The van der Waals surface area contributed by atoms with Crippen LogP contribution in [-0.4, -0.2) is 30.0 Å². The monoisotopic (exact) mass is 370 g/mol. The fourth-order valence-electron chi connectivity index (χ4n) is 2.11. The number of nitro benzene ring substituents is 1. The highest BCUT2D eigenvalue weighted by Crippen LogP contribution is 2.19. The highest BCUT2D eigenvalue weighted by atomic mass is 16.6. The maximum Gasteiger partial charge on any atom is 0.331 e. The van der Waals surface area contributed by atoms with E-state index in [0.29, 0.717) is 23.6 Å². The first-order chi connectivity index (χ1) is 13.0. The summed E-state index contributed by atoms with van der Waals surface area (Å²) in [6.45, 7) is 1.88. The predicted octanol–water partition coefficient (Wildman–Crippen LogP) is 3.19. The second-order valence-electron chi connectivity index (χ2n) is 5.26. The highest BCUT2D eigenvalue weighted by Gasteiger charge is 2.08. The van der Waals surface area contributed by atoms with Crippen molar-refractivity contribution in [3.8, 4) is 5.75 Å². The molecule has 0 aliphatic rings. The first-order valence-corrected chi connectivity index (χ1v) is 8.10. The molecule has 1 N–H and O–H groups in total. The van der Waals surface area contributed by atoms with Crippen molar-refractivity contribution in [2.24, 2.45) is 0 Å². The zero-order valence-electron chi connectivity index (χ0n) is 14.6. The summed E-state index contributed by atoms with van der Waals surface area (Å²) in [5.74, 6) is -0.597. The van der Waals surface area contributed by atoms with Gasteiger partial charge in [-0.2, -0.15) is 0 Å². The Morgan fingerprint density at radius 2 is 1.85 bits per heavy atom. The van der Waals surface area contributed by atoms with E-state index >= 15 is 0 Å². The smallest absolute Gasteiger partial charge is 0.331 e. The van der Waals surface area contributed by atoms with Crippen LogP contribution in [0.5, 0.6) is 5.75 Å². The Morgan fingerprint density at radius 3 is 2.52 bits per heavy atom. The molecule has 2 aromatic carbocycles. The molecule has 0 heterocycles. The second kappa shape index (κ2) is 9.71. The van der Waals surface area contributed by atoms with Gasteiger partial charge in [-0.05, 0) is 31.2 Å². The fraction of sp³-hybridized carbons (Fsp3) is 0.158. The van der Waals surface area contributed by atoms with Crippen LogP contribution in [0.25, 0.3) is 6.08 Å². The molecule has 0 bridgehead atoms. The minimum Gasteiger partial charge on any atom is -0.493 e. The van der Waals surface area contributed by atoms with E-state index in [9.17, 15) is 19.7 Å². The molecule has 0 radical (unpaired) electrons. The number of hydrogen-bond donors (Lipinski definition) is 1. The van der Waals surface area contributed by atoms with E-state index in [1.807, 2.05) is 19.1 Å². The molecule has 27 heavy (non-hydrogen) atoms. The van der Waals surface area contributed by atoms with Crippen LogP contribution in [0.15, 0.2) is 54.6 Å². The van der Waals surface area contributed by atoms with Gasteiger partial charge >= 0.3 is 5.97 Å². The molecular formula is C19H18N2O6. The Kier molecular flexibility index (Phi) is 7.07. The Balaban J connectivity index is 1.84. The normalized spacial score (nSPS) is 10.4. The van der Waals surface area contributed by atoms with Gasteiger partial charge in [-0.1, -0.05) is 18.2 Å². The van der Waals surface area contributed by atoms with Gasteiger partial charge in [-0.3, -0.25) is 14.9 Å². The van der Waals surface area contributed by atoms with Crippen molar-refractivity contribution >= 4 is 29.3 Å². The third kappa shape index (κ3) is 6.28. The average Bonchev–Trinajstić information content (AvgIpc) is 2.66. The zero-order valence-corrected chi connectivity index (χ0v) is 14.6. The Labute approximate surface area is 155 Å². The van der Waals surface area contributed by atoms with Gasteiger partial charge in [0.15, 0.2) is 6.61 Å². The lowest BCUT2D eigenvalue weighted by molar-refractivity contribution is -0.384. The van der Waals surface area contributed by atoms with E-state index in [-0.39, 0.29) is 5.69 Å². The van der Waals surface area contributed by atoms with E-state index in [1.54, 1.807) is 18.2 Å². The summed E-state index contributed by atoms with van der Waals surface area (Å²) in [6.07, 6.45) is 2.75. The van der Waals surface area contributed by atoms with Gasteiger partial charge < -0.3 is 14.8 Å². The largest absolute Gasteiger partial charge is 0.493 e. The number of hydrogen-bond acceptors (Lipinski definition) is 6. The molecule has 0 saturated heterocycles. The summed E-state index contributed by atoms with van der Waals surface area (Å²) >= 11 is 0. The number of carbonyl (C=O) groups excluding carboxylic acids is 2. The molecule has 2 aromatic rings. The molecule has 0 aromatic heterocycles. The quantitative estimate of drug-likeness (QED) is 0.331. The molecule has 0 aliphatic heterocycles. The summed E-state index contributed by atoms with van der Waals surface area (Å²) in [7, 11) is 0. The van der Waals surface area contributed by atoms with Crippen molar-refractivity contribution in [2.75, 3.05) is 18.5 Å². The number of nitrogens with one attached hydrogen (secondary N) is 1. The van der Waals surface area contributed by atoms with Gasteiger partial charge in [0.25, 0.3) is 11.6 Å². The molecule has 0 fully saturated rings. The molecule has 0 spiro atoms. The number of esters is 1. The molecule has 0 unspecified atom stereocenters. The summed E-state index contributed by atoms with van der Waals surface area (Å²) in [5, 5.41) is 13.1. The van der Waals surface area contributed by atoms with Crippen LogP contribution in [-0.2, 0) is 14.3 Å². The number of nitrogens with zero attached hydrogens (tertiary/aromatic N) is 1. The van der Waals surface area contributed by atoms with Crippen molar-refractivity contribution in [3.05, 3.63) is 70.3 Å². The van der Waals surface area contributed by atoms with Crippen molar-refractivity contribution in [3.63, 3.8) is 0 Å². The Bertz CT molecular complexity index is 846. The van der Waals surface area contributed by atoms with Gasteiger partial charge in [0.1, 0.15) is 5.75 Å². The lowest BCUT2D eigenvalue weighted by Gasteiger charge is -2.06. The number of benzene rings is 2. The average molecular weight is 370 g/mol. The number of ether oxygens (including phenoxy) is 2. The minimum absolute atomic E-state index is 0.0862. The lowest BCUT2D eigenvalue weighted by atomic mass is 10.2. The summed E-state index contributed by atoms with van der Waals surface area (Å²) in [5.41, 5.74) is 0.992. The molecule has 8 nitrogen and oxygen atoms in total. The number of nitro groups is 1. The van der Waals surface area contributed by atoms with Gasteiger partial charge in [-0.15, -0.1) is 0 Å². The minimum atomic E-state index is -0.680. The van der Waals surface area contributed by atoms with Crippen LogP contribution < -0.4 is 10.1 Å². The highest BCUT2D eigenvalue weighted by molar-refractivity contribution is 5.94. The molecule has 8 heteroatoms. The summed E-state index contributed by atoms with van der Waals surface area (Å²) in [6, 6.07) is 12.5. The maximum atomic E-state index is 11.8. The lowest BCUT2D eigenvalue weighted by Crippen LogP contribution is -2.20. The van der Waals surface area contributed by atoms with Crippen LogP contribution in [0, 0.1) is 10.1 Å². The van der Waals surface area contributed by atoms with Gasteiger partial charge in [0, 0.05) is 29.5 Å².